The fourth-order valence-corrected chi connectivity index (χ4v) is 2.82. The molecule has 1 saturated carbocycles. The summed E-state index contributed by atoms with van der Waals surface area (Å²) < 4.78 is 2.04. The van der Waals surface area contributed by atoms with E-state index in [2.05, 4.69) is 11.9 Å². The topological polar surface area (TPSA) is 38.1 Å². The van der Waals surface area contributed by atoms with Gasteiger partial charge in [0, 0.05) is 25.9 Å². The van der Waals surface area contributed by atoms with Crippen molar-refractivity contribution in [2.45, 2.75) is 51.6 Å². The lowest BCUT2D eigenvalue weighted by Crippen LogP contribution is -2.25. The third-order valence-electron chi connectivity index (χ3n) is 4.19. The molecule has 96 valence electrons. The molecule has 0 bridgehead atoms. The van der Waals surface area contributed by atoms with Crippen LogP contribution in [0.1, 0.15) is 44.9 Å². The molecule has 1 unspecified atom stereocenters. The number of hydrogen-bond donors (Lipinski definition) is 1. The monoisotopic (exact) mass is 236 g/mol. The van der Waals surface area contributed by atoms with Crippen LogP contribution in [0.5, 0.6) is 0 Å². The molecule has 1 heterocycles. The van der Waals surface area contributed by atoms with Crippen LogP contribution in [0.25, 0.3) is 0 Å². The summed E-state index contributed by atoms with van der Waals surface area (Å²) in [6.45, 7) is 2.32. The van der Waals surface area contributed by atoms with Crippen molar-refractivity contribution in [3.05, 3.63) is 18.2 Å². The second-order valence-corrected chi connectivity index (χ2v) is 5.58. The van der Waals surface area contributed by atoms with Crippen LogP contribution in [0.2, 0.25) is 0 Å². The molecule has 1 aromatic heterocycles. The Morgan fingerprint density at radius 1 is 1.41 bits per heavy atom. The van der Waals surface area contributed by atoms with Crippen LogP contribution in [-0.2, 0) is 13.5 Å². The van der Waals surface area contributed by atoms with Crippen LogP contribution in [0.4, 0.5) is 0 Å². The molecule has 1 N–H and O–H groups in total. The molecule has 0 spiro atoms. The summed E-state index contributed by atoms with van der Waals surface area (Å²) in [5.74, 6) is 2.45. The molecule has 3 heteroatoms. The number of hydrogen-bond acceptors (Lipinski definition) is 2. The smallest absolute Gasteiger partial charge is 0.108 e. The third kappa shape index (κ3) is 3.32. The molecule has 0 radical (unpaired) electrons. The van der Waals surface area contributed by atoms with Crippen molar-refractivity contribution in [2.75, 3.05) is 0 Å². The lowest BCUT2D eigenvalue weighted by molar-refractivity contribution is 0.0685. The van der Waals surface area contributed by atoms with Crippen LogP contribution in [0.3, 0.4) is 0 Å². The van der Waals surface area contributed by atoms with E-state index in [-0.39, 0.29) is 6.10 Å². The molecule has 0 amide bonds. The lowest BCUT2D eigenvalue weighted by Gasteiger charge is -2.29. The summed E-state index contributed by atoms with van der Waals surface area (Å²) >= 11 is 0. The Morgan fingerprint density at radius 3 is 2.71 bits per heavy atom. The van der Waals surface area contributed by atoms with E-state index in [1.807, 2.05) is 24.0 Å². The minimum Gasteiger partial charge on any atom is -0.393 e. The Kier molecular flexibility index (Phi) is 4.21. The molecular formula is C14H24N2O. The predicted molar refractivity (Wildman–Crippen MR) is 68.7 cm³/mol. The Bertz CT molecular complexity index is 340. The van der Waals surface area contributed by atoms with Gasteiger partial charge in [0.1, 0.15) is 5.82 Å². The highest BCUT2D eigenvalue weighted by atomic mass is 16.3. The number of aliphatic hydroxyl groups is 1. The van der Waals surface area contributed by atoms with E-state index in [1.54, 1.807) is 0 Å². The van der Waals surface area contributed by atoms with Gasteiger partial charge in [-0.2, -0.15) is 0 Å². The van der Waals surface area contributed by atoms with Gasteiger partial charge < -0.3 is 9.67 Å². The molecule has 3 nitrogen and oxygen atoms in total. The van der Waals surface area contributed by atoms with Gasteiger partial charge in [-0.25, -0.2) is 4.98 Å². The van der Waals surface area contributed by atoms with E-state index in [1.165, 1.54) is 25.7 Å². The maximum atomic E-state index is 10.2. The second kappa shape index (κ2) is 5.67. The molecular weight excluding hydrogens is 212 g/mol. The SMILES string of the molecule is CC1CCC(C(O)CCc2nccn2C)CC1. The van der Waals surface area contributed by atoms with Gasteiger partial charge in [0.2, 0.25) is 0 Å². The molecule has 1 aliphatic carbocycles. The molecule has 1 aliphatic rings. The Hall–Kier alpha value is -0.830. The standard InChI is InChI=1S/C14H24N2O/c1-11-3-5-12(6-4-11)13(17)7-8-14-15-9-10-16(14)2/h9-13,17H,3-8H2,1-2H3. The predicted octanol–water partition coefficient (Wildman–Crippen LogP) is 2.54. The van der Waals surface area contributed by atoms with E-state index in [4.69, 9.17) is 0 Å². The van der Waals surface area contributed by atoms with E-state index in [9.17, 15) is 5.11 Å². The van der Waals surface area contributed by atoms with Crippen molar-refractivity contribution in [3.8, 4) is 0 Å². The summed E-state index contributed by atoms with van der Waals surface area (Å²) in [5, 5.41) is 10.2. The van der Waals surface area contributed by atoms with Gasteiger partial charge in [-0.1, -0.05) is 19.8 Å². The van der Waals surface area contributed by atoms with Crippen molar-refractivity contribution < 1.29 is 5.11 Å². The van der Waals surface area contributed by atoms with Crippen molar-refractivity contribution in [2.24, 2.45) is 18.9 Å². The molecule has 1 aromatic rings. The largest absolute Gasteiger partial charge is 0.393 e. The first-order chi connectivity index (χ1) is 8.16. The van der Waals surface area contributed by atoms with Crippen molar-refractivity contribution in [1.82, 2.24) is 9.55 Å². The molecule has 0 aromatic carbocycles. The second-order valence-electron chi connectivity index (χ2n) is 5.58. The van der Waals surface area contributed by atoms with Crippen LogP contribution >= 0.6 is 0 Å². The zero-order valence-electron chi connectivity index (χ0n) is 11.0. The van der Waals surface area contributed by atoms with Gasteiger partial charge in [0.05, 0.1) is 6.10 Å². The number of nitrogens with zero attached hydrogens (tertiary/aromatic N) is 2. The highest BCUT2D eigenvalue weighted by molar-refractivity contribution is 4.92. The summed E-state index contributed by atoms with van der Waals surface area (Å²) in [7, 11) is 2.01. The fraction of sp³-hybridized carbons (Fsp3) is 0.786. The number of aryl methyl sites for hydroxylation is 2. The van der Waals surface area contributed by atoms with E-state index in [0.29, 0.717) is 5.92 Å². The Morgan fingerprint density at radius 2 is 2.12 bits per heavy atom. The van der Waals surface area contributed by atoms with Gasteiger partial charge >= 0.3 is 0 Å². The number of aliphatic hydroxyl groups excluding tert-OH is 1. The molecule has 17 heavy (non-hydrogen) atoms. The number of aromatic nitrogens is 2. The molecule has 1 fully saturated rings. The van der Waals surface area contributed by atoms with E-state index >= 15 is 0 Å². The first-order valence-electron chi connectivity index (χ1n) is 6.81. The molecule has 1 atom stereocenters. The van der Waals surface area contributed by atoms with Gasteiger partial charge in [0.25, 0.3) is 0 Å². The minimum atomic E-state index is -0.140. The molecule has 0 aliphatic heterocycles. The van der Waals surface area contributed by atoms with E-state index in [0.717, 1.165) is 24.6 Å². The quantitative estimate of drug-likeness (QED) is 0.872. The first kappa shape index (κ1) is 12.6. The normalized spacial score (nSPS) is 27.0. The Balaban J connectivity index is 1.77. The van der Waals surface area contributed by atoms with Crippen LogP contribution in [0.15, 0.2) is 12.4 Å². The summed E-state index contributed by atoms with van der Waals surface area (Å²) in [5.41, 5.74) is 0. The first-order valence-corrected chi connectivity index (χ1v) is 6.81. The van der Waals surface area contributed by atoms with Crippen molar-refractivity contribution in [3.63, 3.8) is 0 Å². The number of rotatable bonds is 4. The maximum absolute atomic E-state index is 10.2. The van der Waals surface area contributed by atoms with E-state index < -0.39 is 0 Å². The van der Waals surface area contributed by atoms with Crippen molar-refractivity contribution in [1.29, 1.82) is 0 Å². The zero-order chi connectivity index (χ0) is 12.3. The summed E-state index contributed by atoms with van der Waals surface area (Å²) in [4.78, 5) is 4.30. The maximum Gasteiger partial charge on any atom is 0.108 e. The summed E-state index contributed by atoms with van der Waals surface area (Å²) in [6, 6.07) is 0. The number of imidazole rings is 1. The van der Waals surface area contributed by atoms with Crippen LogP contribution in [-0.4, -0.2) is 20.8 Å². The lowest BCUT2D eigenvalue weighted by atomic mass is 9.79. The highest BCUT2D eigenvalue weighted by Gasteiger charge is 2.24. The Labute approximate surface area is 104 Å². The van der Waals surface area contributed by atoms with Gasteiger partial charge in [-0.3, -0.25) is 0 Å². The van der Waals surface area contributed by atoms with Crippen molar-refractivity contribution >= 4 is 0 Å². The average molecular weight is 236 g/mol. The molecule has 0 saturated heterocycles. The third-order valence-corrected chi connectivity index (χ3v) is 4.19. The minimum absolute atomic E-state index is 0.140. The van der Waals surface area contributed by atoms with Gasteiger partial charge in [-0.05, 0) is 31.1 Å². The van der Waals surface area contributed by atoms with Gasteiger partial charge in [0.15, 0.2) is 0 Å². The average Bonchev–Trinajstić information content (AvgIpc) is 2.73. The fourth-order valence-electron chi connectivity index (χ4n) is 2.82. The van der Waals surface area contributed by atoms with Gasteiger partial charge in [-0.15, -0.1) is 0 Å². The molecule has 2 rings (SSSR count). The highest BCUT2D eigenvalue weighted by Crippen LogP contribution is 2.31. The van der Waals surface area contributed by atoms with Crippen LogP contribution in [0, 0.1) is 11.8 Å². The zero-order valence-corrected chi connectivity index (χ0v) is 11.0. The summed E-state index contributed by atoms with van der Waals surface area (Å²) in [6.07, 6.45) is 10.3. The van der Waals surface area contributed by atoms with Crippen LogP contribution < -0.4 is 0 Å².